The van der Waals surface area contributed by atoms with E-state index in [1.54, 1.807) is 0 Å². The molecule has 0 unspecified atom stereocenters. The Hall–Kier alpha value is -1.91. The molecule has 0 saturated carbocycles. The number of carbonyl (C=O) groups excluding carboxylic acids is 2. The van der Waals surface area contributed by atoms with Crippen molar-refractivity contribution in [3.8, 4) is 0 Å². The lowest BCUT2D eigenvalue weighted by Gasteiger charge is -2.41. The number of fused-ring (bicyclic) bond motifs is 2. The van der Waals surface area contributed by atoms with Crippen molar-refractivity contribution in [3.05, 3.63) is 35.4 Å². The van der Waals surface area contributed by atoms with Crippen molar-refractivity contribution in [2.75, 3.05) is 13.1 Å². The number of nitrogens with zero attached hydrogens (tertiary/aromatic N) is 2. The molecule has 3 fully saturated rings. The van der Waals surface area contributed by atoms with Crippen molar-refractivity contribution >= 4 is 11.8 Å². The van der Waals surface area contributed by atoms with Crippen molar-refractivity contribution < 1.29 is 14.0 Å². The van der Waals surface area contributed by atoms with Crippen LogP contribution in [0, 0.1) is 12.3 Å². The van der Waals surface area contributed by atoms with Crippen LogP contribution in [0.2, 0.25) is 0 Å². The molecule has 5 heteroatoms. The normalized spacial score (nSPS) is 30.1. The van der Waals surface area contributed by atoms with Crippen LogP contribution in [-0.4, -0.2) is 53.0 Å². The second-order valence-electron chi connectivity index (χ2n) is 8.83. The fraction of sp³-hybridized carbons (Fsp3) is 0.652. The molecule has 0 spiro atoms. The van der Waals surface area contributed by atoms with Gasteiger partial charge in [-0.25, -0.2) is 4.39 Å². The zero-order valence-electron chi connectivity index (χ0n) is 17.0. The molecule has 0 aliphatic carbocycles. The molecule has 4 nitrogen and oxygen atoms in total. The highest BCUT2D eigenvalue weighted by Crippen LogP contribution is 2.53. The van der Waals surface area contributed by atoms with Crippen LogP contribution in [0.15, 0.2) is 24.3 Å². The first-order chi connectivity index (χ1) is 13.5. The van der Waals surface area contributed by atoms with E-state index in [0.717, 1.165) is 36.8 Å². The molecule has 1 aromatic rings. The molecule has 3 aliphatic rings. The third kappa shape index (κ3) is 3.13. The molecule has 28 heavy (non-hydrogen) atoms. The second-order valence-corrected chi connectivity index (χ2v) is 8.83. The summed E-state index contributed by atoms with van der Waals surface area (Å²) >= 11 is 0. The maximum Gasteiger partial charge on any atom is 0.230 e. The number of hydrogen-bond acceptors (Lipinski definition) is 2. The van der Waals surface area contributed by atoms with Gasteiger partial charge in [-0.2, -0.15) is 0 Å². The van der Waals surface area contributed by atoms with Crippen LogP contribution in [0.3, 0.4) is 0 Å². The van der Waals surface area contributed by atoms with Crippen LogP contribution < -0.4 is 0 Å². The molecular formula is C23H31FN2O2. The van der Waals surface area contributed by atoms with E-state index in [4.69, 9.17) is 0 Å². The Balaban J connectivity index is 1.53. The number of carbonyl (C=O) groups is 2. The molecule has 3 saturated heterocycles. The number of aryl methyl sites for hydroxylation is 1. The summed E-state index contributed by atoms with van der Waals surface area (Å²) in [6.07, 6.45) is 3.91. The Morgan fingerprint density at radius 3 is 2.54 bits per heavy atom. The molecule has 0 N–H and O–H groups in total. The largest absolute Gasteiger partial charge is 0.342 e. The number of rotatable bonds is 4. The highest BCUT2D eigenvalue weighted by Gasteiger charge is 2.61. The topological polar surface area (TPSA) is 40.6 Å². The molecule has 3 heterocycles. The van der Waals surface area contributed by atoms with E-state index in [1.807, 2.05) is 41.0 Å². The van der Waals surface area contributed by atoms with E-state index >= 15 is 0 Å². The van der Waals surface area contributed by atoms with Crippen LogP contribution >= 0.6 is 0 Å². The molecule has 1 aromatic carbocycles. The van der Waals surface area contributed by atoms with E-state index in [-0.39, 0.29) is 23.9 Å². The molecule has 0 radical (unpaired) electrons. The van der Waals surface area contributed by atoms with Gasteiger partial charge in [-0.05, 0) is 56.6 Å². The minimum atomic E-state index is -0.783. The molecule has 3 aliphatic heterocycles. The zero-order valence-corrected chi connectivity index (χ0v) is 17.0. The lowest BCUT2D eigenvalue weighted by molar-refractivity contribution is -0.147. The Labute approximate surface area is 167 Å². The molecule has 152 valence electrons. The summed E-state index contributed by atoms with van der Waals surface area (Å²) in [5, 5.41) is 0. The first-order valence-corrected chi connectivity index (χ1v) is 10.8. The van der Waals surface area contributed by atoms with Crippen LogP contribution in [-0.2, 0) is 16.0 Å². The van der Waals surface area contributed by atoms with Gasteiger partial charge in [0.05, 0.1) is 11.8 Å². The first-order valence-electron chi connectivity index (χ1n) is 10.8. The summed E-state index contributed by atoms with van der Waals surface area (Å²) in [6, 6.07) is 8.19. The molecule has 3 atom stereocenters. The minimum Gasteiger partial charge on any atom is -0.342 e. The predicted molar refractivity (Wildman–Crippen MR) is 107 cm³/mol. The highest BCUT2D eigenvalue weighted by molar-refractivity contribution is 5.88. The molecular weight excluding hydrogens is 355 g/mol. The fourth-order valence-electron chi connectivity index (χ4n) is 5.75. The van der Waals surface area contributed by atoms with Gasteiger partial charge in [0.25, 0.3) is 0 Å². The van der Waals surface area contributed by atoms with Crippen molar-refractivity contribution in [2.45, 2.75) is 77.0 Å². The Morgan fingerprint density at radius 2 is 1.86 bits per heavy atom. The lowest BCUT2D eigenvalue weighted by atomic mass is 9.70. The maximum atomic E-state index is 13.5. The van der Waals surface area contributed by atoms with Crippen molar-refractivity contribution in [1.82, 2.24) is 9.80 Å². The van der Waals surface area contributed by atoms with E-state index in [2.05, 4.69) is 6.92 Å². The molecule has 2 amide bonds. The summed E-state index contributed by atoms with van der Waals surface area (Å²) in [4.78, 5) is 30.6. The smallest absolute Gasteiger partial charge is 0.230 e. The standard InChI is InChI=1S/C23H31FN2O2/c1-3-23(22(28)25-12-10-18(24)11-13-25)15-19-8-9-20(23)26(19)21(27)14-17-7-5-4-6-16(17)2/h4-7,18-20H,3,8-15H2,1-2H3/t19-,20+,23+/m0/s1. The summed E-state index contributed by atoms with van der Waals surface area (Å²) in [5.41, 5.74) is 1.72. The van der Waals surface area contributed by atoms with Crippen molar-refractivity contribution in [2.24, 2.45) is 5.41 Å². The van der Waals surface area contributed by atoms with Gasteiger partial charge in [0.1, 0.15) is 6.17 Å². The zero-order chi connectivity index (χ0) is 19.9. The van der Waals surface area contributed by atoms with Crippen LogP contribution in [0.1, 0.15) is 56.6 Å². The monoisotopic (exact) mass is 386 g/mol. The number of amides is 2. The van der Waals surface area contributed by atoms with Gasteiger partial charge in [0.2, 0.25) is 11.8 Å². The van der Waals surface area contributed by atoms with Crippen LogP contribution in [0.4, 0.5) is 4.39 Å². The van der Waals surface area contributed by atoms with Crippen LogP contribution in [0.25, 0.3) is 0 Å². The van der Waals surface area contributed by atoms with Gasteiger partial charge in [-0.1, -0.05) is 31.2 Å². The number of likely N-dealkylation sites (tertiary alicyclic amines) is 1. The second kappa shape index (κ2) is 7.49. The van der Waals surface area contributed by atoms with Gasteiger partial charge in [-0.3, -0.25) is 9.59 Å². The molecule has 2 bridgehead atoms. The van der Waals surface area contributed by atoms with Gasteiger partial charge in [0, 0.05) is 25.2 Å². The highest BCUT2D eigenvalue weighted by atomic mass is 19.1. The average Bonchev–Trinajstić information content (AvgIpc) is 3.26. The predicted octanol–water partition coefficient (Wildman–Crippen LogP) is 3.66. The number of alkyl halides is 1. The van der Waals surface area contributed by atoms with Gasteiger partial charge < -0.3 is 9.80 Å². The van der Waals surface area contributed by atoms with Gasteiger partial charge >= 0.3 is 0 Å². The number of benzene rings is 1. The maximum absolute atomic E-state index is 13.5. The Kier molecular flexibility index (Phi) is 5.19. The molecule has 4 rings (SSSR count). The summed E-state index contributed by atoms with van der Waals surface area (Å²) in [7, 11) is 0. The third-order valence-corrected chi connectivity index (χ3v) is 7.40. The molecule has 0 aromatic heterocycles. The van der Waals surface area contributed by atoms with Crippen molar-refractivity contribution in [1.29, 1.82) is 0 Å². The Morgan fingerprint density at radius 1 is 1.14 bits per heavy atom. The van der Waals surface area contributed by atoms with Gasteiger partial charge in [0.15, 0.2) is 0 Å². The van der Waals surface area contributed by atoms with E-state index < -0.39 is 11.6 Å². The van der Waals surface area contributed by atoms with Gasteiger partial charge in [-0.15, -0.1) is 0 Å². The number of hydrogen-bond donors (Lipinski definition) is 0. The summed E-state index contributed by atoms with van der Waals surface area (Å²) in [5.74, 6) is 0.301. The average molecular weight is 387 g/mol. The number of piperidine rings is 1. The lowest BCUT2D eigenvalue weighted by Crippen LogP contribution is -2.53. The minimum absolute atomic E-state index is 0.00498. The Bertz CT molecular complexity index is 759. The van der Waals surface area contributed by atoms with Crippen molar-refractivity contribution in [3.63, 3.8) is 0 Å². The van der Waals surface area contributed by atoms with E-state index in [1.165, 1.54) is 0 Å². The van der Waals surface area contributed by atoms with E-state index in [9.17, 15) is 14.0 Å². The first kappa shape index (κ1) is 19.4. The van der Waals surface area contributed by atoms with Crippen LogP contribution in [0.5, 0.6) is 0 Å². The quantitative estimate of drug-likeness (QED) is 0.792. The third-order valence-electron chi connectivity index (χ3n) is 7.40. The summed E-state index contributed by atoms with van der Waals surface area (Å²) < 4.78 is 13.5. The van der Waals surface area contributed by atoms with E-state index in [0.29, 0.717) is 32.4 Å². The SMILES string of the molecule is CC[C@@]1(C(=O)N2CCC(F)CC2)C[C@@H]2CC[C@H]1N2C(=O)Cc1ccccc1C. The fourth-order valence-corrected chi connectivity index (χ4v) is 5.75. The summed E-state index contributed by atoms with van der Waals surface area (Å²) in [6.45, 7) is 5.13. The number of halogens is 1.